The Morgan fingerprint density at radius 3 is 2.71 bits per heavy atom. The number of hydrazine groups is 1. The number of nitrogens with one attached hydrogen (secondary N) is 1. The fourth-order valence-corrected chi connectivity index (χ4v) is 2.48. The molecule has 0 aliphatic rings. The van der Waals surface area contributed by atoms with Crippen LogP contribution in [0.3, 0.4) is 0 Å². The van der Waals surface area contributed by atoms with E-state index in [4.69, 9.17) is 10.6 Å². The summed E-state index contributed by atoms with van der Waals surface area (Å²) in [6.45, 7) is 0. The minimum atomic E-state index is -0.0929. The summed E-state index contributed by atoms with van der Waals surface area (Å²) in [5.74, 6) is 6.58. The van der Waals surface area contributed by atoms with Crippen molar-refractivity contribution in [1.82, 2.24) is 10.4 Å². The Balaban J connectivity index is 2.04. The molecule has 0 spiro atoms. The van der Waals surface area contributed by atoms with Gasteiger partial charge in [0, 0.05) is 11.6 Å². The molecule has 106 valence electrons. The highest BCUT2D eigenvalue weighted by Crippen LogP contribution is 2.26. The van der Waals surface area contributed by atoms with Crippen LogP contribution in [0.25, 0.3) is 10.9 Å². The first-order valence-electron chi connectivity index (χ1n) is 6.76. The lowest BCUT2D eigenvalue weighted by Crippen LogP contribution is -2.28. The lowest BCUT2D eigenvalue weighted by molar-refractivity contribution is 0.413. The van der Waals surface area contributed by atoms with Crippen LogP contribution in [0.1, 0.15) is 17.2 Å². The SMILES string of the molecule is COc1cccc(C(NN)c2ccc3ncccc3c2)c1. The number of ether oxygens (including phenoxy) is 1. The maximum absolute atomic E-state index is 5.77. The Labute approximate surface area is 123 Å². The standard InChI is InChI=1S/C17H17N3O/c1-21-15-6-2-4-13(11-15)17(20-18)14-7-8-16-12(10-14)5-3-9-19-16/h2-11,17,20H,18H2,1H3. The molecular weight excluding hydrogens is 262 g/mol. The first kappa shape index (κ1) is 13.5. The molecule has 4 heteroatoms. The topological polar surface area (TPSA) is 60.2 Å². The van der Waals surface area contributed by atoms with E-state index in [1.54, 1.807) is 13.3 Å². The molecule has 3 rings (SSSR count). The summed E-state index contributed by atoms with van der Waals surface area (Å²) >= 11 is 0. The number of hydrogen-bond acceptors (Lipinski definition) is 4. The van der Waals surface area contributed by atoms with Crippen molar-refractivity contribution < 1.29 is 4.74 Å². The summed E-state index contributed by atoms with van der Waals surface area (Å²) in [6, 6.07) is 17.9. The first-order valence-corrected chi connectivity index (χ1v) is 6.76. The van der Waals surface area contributed by atoms with Gasteiger partial charge in [-0.15, -0.1) is 0 Å². The summed E-state index contributed by atoms with van der Waals surface area (Å²) < 4.78 is 5.28. The zero-order chi connectivity index (χ0) is 14.7. The fourth-order valence-electron chi connectivity index (χ4n) is 2.48. The monoisotopic (exact) mass is 279 g/mol. The van der Waals surface area contributed by atoms with Gasteiger partial charge in [-0.25, -0.2) is 5.43 Å². The van der Waals surface area contributed by atoms with Gasteiger partial charge >= 0.3 is 0 Å². The lowest BCUT2D eigenvalue weighted by Gasteiger charge is -2.18. The van der Waals surface area contributed by atoms with E-state index in [1.165, 1.54) is 0 Å². The normalized spacial score (nSPS) is 12.3. The van der Waals surface area contributed by atoms with Crippen molar-refractivity contribution in [3.05, 3.63) is 71.9 Å². The van der Waals surface area contributed by atoms with Crippen molar-refractivity contribution in [2.24, 2.45) is 5.84 Å². The van der Waals surface area contributed by atoms with E-state index in [2.05, 4.69) is 16.5 Å². The molecule has 0 radical (unpaired) electrons. The van der Waals surface area contributed by atoms with Gasteiger partial charge in [-0.1, -0.05) is 24.3 Å². The third-order valence-corrected chi connectivity index (χ3v) is 3.55. The van der Waals surface area contributed by atoms with Crippen molar-refractivity contribution in [2.45, 2.75) is 6.04 Å². The van der Waals surface area contributed by atoms with Gasteiger partial charge in [0.25, 0.3) is 0 Å². The molecule has 1 unspecified atom stereocenters. The van der Waals surface area contributed by atoms with E-state index in [1.807, 2.05) is 48.5 Å². The minimum Gasteiger partial charge on any atom is -0.497 e. The van der Waals surface area contributed by atoms with E-state index in [0.29, 0.717) is 0 Å². The molecule has 4 nitrogen and oxygen atoms in total. The van der Waals surface area contributed by atoms with Crippen LogP contribution < -0.4 is 16.0 Å². The highest BCUT2D eigenvalue weighted by Gasteiger charge is 2.13. The number of fused-ring (bicyclic) bond motifs is 1. The third kappa shape index (κ3) is 2.72. The van der Waals surface area contributed by atoms with E-state index < -0.39 is 0 Å². The Kier molecular flexibility index (Phi) is 3.81. The molecule has 0 fully saturated rings. The Morgan fingerprint density at radius 1 is 1.05 bits per heavy atom. The van der Waals surface area contributed by atoms with E-state index in [-0.39, 0.29) is 6.04 Å². The number of aromatic nitrogens is 1. The molecule has 0 aliphatic heterocycles. The maximum Gasteiger partial charge on any atom is 0.119 e. The van der Waals surface area contributed by atoms with Gasteiger partial charge in [0.1, 0.15) is 5.75 Å². The molecule has 1 aromatic heterocycles. The molecule has 3 aromatic rings. The molecule has 0 amide bonds. The summed E-state index contributed by atoms with van der Waals surface area (Å²) in [5.41, 5.74) is 5.99. The van der Waals surface area contributed by atoms with Crippen LogP contribution in [0.15, 0.2) is 60.8 Å². The third-order valence-electron chi connectivity index (χ3n) is 3.55. The Bertz CT molecular complexity index is 758. The number of methoxy groups -OCH3 is 1. The van der Waals surface area contributed by atoms with Crippen LogP contribution in [0.5, 0.6) is 5.75 Å². The predicted molar refractivity (Wildman–Crippen MR) is 83.9 cm³/mol. The molecule has 21 heavy (non-hydrogen) atoms. The average molecular weight is 279 g/mol. The van der Waals surface area contributed by atoms with E-state index in [0.717, 1.165) is 27.8 Å². The van der Waals surface area contributed by atoms with Crippen molar-refractivity contribution in [1.29, 1.82) is 0 Å². The molecule has 2 aromatic carbocycles. The van der Waals surface area contributed by atoms with Gasteiger partial charge in [0.2, 0.25) is 0 Å². The van der Waals surface area contributed by atoms with Crippen LogP contribution in [0.2, 0.25) is 0 Å². The number of rotatable bonds is 4. The van der Waals surface area contributed by atoms with Gasteiger partial charge in [-0.3, -0.25) is 10.8 Å². The Hall–Kier alpha value is -2.43. The van der Waals surface area contributed by atoms with Gasteiger partial charge in [-0.05, 0) is 41.5 Å². The maximum atomic E-state index is 5.77. The quantitative estimate of drug-likeness (QED) is 0.569. The van der Waals surface area contributed by atoms with Gasteiger partial charge in [0.15, 0.2) is 0 Å². The second-order valence-corrected chi connectivity index (χ2v) is 4.83. The largest absolute Gasteiger partial charge is 0.497 e. The second kappa shape index (κ2) is 5.91. The highest BCUT2D eigenvalue weighted by molar-refractivity contribution is 5.79. The van der Waals surface area contributed by atoms with E-state index >= 15 is 0 Å². The average Bonchev–Trinajstić information content (AvgIpc) is 2.56. The first-order chi connectivity index (χ1) is 10.3. The number of nitrogens with two attached hydrogens (primary N) is 1. The Morgan fingerprint density at radius 2 is 1.90 bits per heavy atom. The summed E-state index contributed by atoms with van der Waals surface area (Å²) in [7, 11) is 1.66. The van der Waals surface area contributed by atoms with Gasteiger partial charge in [0.05, 0.1) is 18.7 Å². The number of hydrogen-bond donors (Lipinski definition) is 2. The van der Waals surface area contributed by atoms with E-state index in [9.17, 15) is 0 Å². The van der Waals surface area contributed by atoms with Crippen LogP contribution in [0.4, 0.5) is 0 Å². The van der Waals surface area contributed by atoms with Crippen molar-refractivity contribution in [3.8, 4) is 5.75 Å². The molecule has 0 bridgehead atoms. The molecule has 3 N–H and O–H groups in total. The molecule has 1 atom stereocenters. The molecule has 1 heterocycles. The fraction of sp³-hybridized carbons (Fsp3) is 0.118. The summed E-state index contributed by atoms with van der Waals surface area (Å²) in [5, 5.41) is 1.10. The number of benzene rings is 2. The molecular formula is C17H17N3O. The number of nitrogens with zero attached hydrogens (tertiary/aromatic N) is 1. The predicted octanol–water partition coefficient (Wildman–Crippen LogP) is 2.80. The van der Waals surface area contributed by atoms with Crippen molar-refractivity contribution in [2.75, 3.05) is 7.11 Å². The molecule has 0 saturated heterocycles. The zero-order valence-corrected chi connectivity index (χ0v) is 11.8. The van der Waals surface area contributed by atoms with Gasteiger partial charge in [-0.2, -0.15) is 0 Å². The second-order valence-electron chi connectivity index (χ2n) is 4.83. The summed E-state index contributed by atoms with van der Waals surface area (Å²) in [4.78, 5) is 4.34. The highest BCUT2D eigenvalue weighted by atomic mass is 16.5. The molecule has 0 saturated carbocycles. The van der Waals surface area contributed by atoms with Gasteiger partial charge < -0.3 is 4.74 Å². The minimum absolute atomic E-state index is 0.0929. The smallest absolute Gasteiger partial charge is 0.119 e. The lowest BCUT2D eigenvalue weighted by atomic mass is 9.97. The van der Waals surface area contributed by atoms with Crippen LogP contribution in [0, 0.1) is 0 Å². The molecule has 0 aliphatic carbocycles. The van der Waals surface area contributed by atoms with Crippen LogP contribution >= 0.6 is 0 Å². The number of pyridine rings is 1. The zero-order valence-electron chi connectivity index (χ0n) is 11.8. The van der Waals surface area contributed by atoms with Crippen LogP contribution in [-0.2, 0) is 0 Å². The van der Waals surface area contributed by atoms with Crippen molar-refractivity contribution >= 4 is 10.9 Å². The summed E-state index contributed by atoms with van der Waals surface area (Å²) in [6.07, 6.45) is 1.79. The van der Waals surface area contributed by atoms with Crippen LogP contribution in [-0.4, -0.2) is 12.1 Å². The van der Waals surface area contributed by atoms with Crippen molar-refractivity contribution in [3.63, 3.8) is 0 Å².